The molecule has 0 saturated heterocycles. The first kappa shape index (κ1) is 12.5. The van der Waals surface area contributed by atoms with Crippen LogP contribution in [0.2, 0.25) is 0 Å². The minimum Gasteiger partial charge on any atom is -0.396 e. The van der Waals surface area contributed by atoms with E-state index in [0.29, 0.717) is 25.4 Å². The smallest absolute Gasteiger partial charge is 0.244 e. The number of aromatic nitrogens is 2. The van der Waals surface area contributed by atoms with Crippen molar-refractivity contribution < 1.29 is 9.53 Å². The molecule has 0 unspecified atom stereocenters. The molecular formula is C10H18N4O2. The van der Waals surface area contributed by atoms with E-state index in [4.69, 9.17) is 10.5 Å². The van der Waals surface area contributed by atoms with Gasteiger partial charge in [-0.2, -0.15) is 5.10 Å². The third-order valence-corrected chi connectivity index (χ3v) is 2.15. The Hall–Kier alpha value is -1.56. The molecule has 1 aromatic rings. The van der Waals surface area contributed by atoms with Crippen LogP contribution in [0.4, 0.5) is 5.69 Å². The van der Waals surface area contributed by atoms with Crippen molar-refractivity contribution in [3.8, 4) is 0 Å². The van der Waals surface area contributed by atoms with Gasteiger partial charge in [0.25, 0.3) is 0 Å². The van der Waals surface area contributed by atoms with Crippen LogP contribution in [0, 0.1) is 0 Å². The van der Waals surface area contributed by atoms with E-state index in [-0.39, 0.29) is 12.5 Å². The van der Waals surface area contributed by atoms with Crippen molar-refractivity contribution in [2.24, 2.45) is 0 Å². The molecule has 1 rings (SSSR count). The third kappa shape index (κ3) is 3.90. The third-order valence-electron chi connectivity index (χ3n) is 2.15. The second-order valence-corrected chi connectivity index (χ2v) is 3.48. The van der Waals surface area contributed by atoms with E-state index in [1.165, 1.54) is 10.9 Å². The molecule has 6 heteroatoms. The second-order valence-electron chi connectivity index (χ2n) is 3.48. The van der Waals surface area contributed by atoms with Crippen molar-refractivity contribution in [1.29, 1.82) is 0 Å². The maximum absolute atomic E-state index is 11.7. The SMILES string of the molecule is CCOCCN(C)C(=O)Cn1cc(N)cn1. The van der Waals surface area contributed by atoms with Gasteiger partial charge in [0.15, 0.2) is 0 Å². The average Bonchev–Trinajstić information content (AvgIpc) is 2.64. The van der Waals surface area contributed by atoms with Crippen molar-refractivity contribution in [3.05, 3.63) is 12.4 Å². The molecule has 2 N–H and O–H groups in total. The fourth-order valence-corrected chi connectivity index (χ4v) is 1.20. The lowest BCUT2D eigenvalue weighted by Crippen LogP contribution is -2.33. The van der Waals surface area contributed by atoms with Crippen molar-refractivity contribution in [1.82, 2.24) is 14.7 Å². The van der Waals surface area contributed by atoms with E-state index in [0.717, 1.165) is 0 Å². The van der Waals surface area contributed by atoms with Crippen LogP contribution in [-0.2, 0) is 16.1 Å². The molecule has 1 heterocycles. The van der Waals surface area contributed by atoms with Crippen LogP contribution in [0.25, 0.3) is 0 Å². The minimum absolute atomic E-state index is 0.0113. The topological polar surface area (TPSA) is 73.4 Å². The van der Waals surface area contributed by atoms with Crippen LogP contribution in [0.1, 0.15) is 6.92 Å². The molecule has 0 fully saturated rings. The number of amides is 1. The summed E-state index contributed by atoms with van der Waals surface area (Å²) in [4.78, 5) is 13.3. The number of hydrogen-bond acceptors (Lipinski definition) is 4. The Balaban J connectivity index is 2.34. The second kappa shape index (κ2) is 6.12. The van der Waals surface area contributed by atoms with Crippen LogP contribution in [0.3, 0.4) is 0 Å². The Morgan fingerprint density at radius 2 is 2.44 bits per heavy atom. The molecule has 16 heavy (non-hydrogen) atoms. The van der Waals surface area contributed by atoms with E-state index in [1.54, 1.807) is 18.1 Å². The highest BCUT2D eigenvalue weighted by molar-refractivity contribution is 5.75. The van der Waals surface area contributed by atoms with Gasteiger partial charge in [-0.05, 0) is 6.92 Å². The molecule has 0 aliphatic carbocycles. The van der Waals surface area contributed by atoms with Gasteiger partial charge in [-0.25, -0.2) is 0 Å². The Morgan fingerprint density at radius 3 is 3.00 bits per heavy atom. The predicted octanol–water partition coefficient (Wildman–Crippen LogP) is -0.0398. The Labute approximate surface area is 95.0 Å². The number of anilines is 1. The van der Waals surface area contributed by atoms with Crippen LogP contribution >= 0.6 is 0 Å². The van der Waals surface area contributed by atoms with Gasteiger partial charge in [0, 0.05) is 26.4 Å². The first-order chi connectivity index (χ1) is 7.63. The van der Waals surface area contributed by atoms with Crippen LogP contribution in [0.5, 0.6) is 0 Å². The predicted molar refractivity (Wildman–Crippen MR) is 60.8 cm³/mol. The number of carbonyl (C=O) groups excluding carboxylic acids is 1. The van der Waals surface area contributed by atoms with Crippen molar-refractivity contribution in [3.63, 3.8) is 0 Å². The number of hydrogen-bond donors (Lipinski definition) is 1. The Morgan fingerprint density at radius 1 is 1.69 bits per heavy atom. The van der Waals surface area contributed by atoms with Crippen LogP contribution in [0.15, 0.2) is 12.4 Å². The molecule has 0 aliphatic rings. The number of likely N-dealkylation sites (N-methyl/N-ethyl adjacent to an activating group) is 1. The zero-order chi connectivity index (χ0) is 12.0. The van der Waals surface area contributed by atoms with Gasteiger partial charge in [-0.3, -0.25) is 9.48 Å². The highest BCUT2D eigenvalue weighted by Gasteiger charge is 2.09. The molecule has 90 valence electrons. The lowest BCUT2D eigenvalue weighted by atomic mass is 10.5. The molecule has 0 bridgehead atoms. The molecule has 1 amide bonds. The van der Waals surface area contributed by atoms with Crippen molar-refractivity contribution >= 4 is 11.6 Å². The normalized spacial score (nSPS) is 10.4. The summed E-state index contributed by atoms with van der Waals surface area (Å²) in [6, 6.07) is 0. The summed E-state index contributed by atoms with van der Waals surface area (Å²) in [5.74, 6) is -0.0113. The Kier molecular flexibility index (Phi) is 4.78. The van der Waals surface area contributed by atoms with E-state index in [1.807, 2.05) is 6.92 Å². The number of nitrogens with zero attached hydrogens (tertiary/aromatic N) is 3. The number of rotatable bonds is 6. The summed E-state index contributed by atoms with van der Waals surface area (Å²) in [5, 5.41) is 3.95. The molecule has 0 atom stereocenters. The van der Waals surface area contributed by atoms with Gasteiger partial charge in [0.2, 0.25) is 5.91 Å². The zero-order valence-electron chi connectivity index (χ0n) is 9.72. The highest BCUT2D eigenvalue weighted by Crippen LogP contribution is 1.98. The standard InChI is InChI=1S/C10H18N4O2/c1-3-16-5-4-13(2)10(15)8-14-7-9(11)6-12-14/h6-7H,3-5,8,11H2,1-2H3. The largest absolute Gasteiger partial charge is 0.396 e. The van der Waals surface area contributed by atoms with E-state index >= 15 is 0 Å². The van der Waals surface area contributed by atoms with Gasteiger partial charge >= 0.3 is 0 Å². The lowest BCUT2D eigenvalue weighted by Gasteiger charge is -2.16. The first-order valence-electron chi connectivity index (χ1n) is 5.23. The average molecular weight is 226 g/mol. The van der Waals surface area contributed by atoms with Gasteiger partial charge in [-0.1, -0.05) is 0 Å². The van der Waals surface area contributed by atoms with Gasteiger partial charge in [0.1, 0.15) is 6.54 Å². The summed E-state index contributed by atoms with van der Waals surface area (Å²) in [7, 11) is 1.74. The summed E-state index contributed by atoms with van der Waals surface area (Å²) in [6.45, 7) is 3.94. The molecule has 0 saturated carbocycles. The number of carbonyl (C=O) groups is 1. The molecule has 0 spiro atoms. The monoisotopic (exact) mass is 226 g/mol. The lowest BCUT2D eigenvalue weighted by molar-refractivity contribution is -0.131. The van der Waals surface area contributed by atoms with Gasteiger partial charge < -0.3 is 15.4 Å². The van der Waals surface area contributed by atoms with E-state index < -0.39 is 0 Å². The number of nitrogens with two attached hydrogens (primary N) is 1. The minimum atomic E-state index is -0.0113. The number of ether oxygens (including phenoxy) is 1. The van der Waals surface area contributed by atoms with Crippen molar-refractivity contribution in [2.45, 2.75) is 13.5 Å². The molecular weight excluding hydrogens is 208 g/mol. The molecule has 0 aliphatic heterocycles. The highest BCUT2D eigenvalue weighted by atomic mass is 16.5. The summed E-state index contributed by atoms with van der Waals surface area (Å²) < 4.78 is 6.69. The number of nitrogen functional groups attached to an aromatic ring is 1. The maximum Gasteiger partial charge on any atom is 0.244 e. The van der Waals surface area contributed by atoms with Gasteiger partial charge in [-0.15, -0.1) is 0 Å². The van der Waals surface area contributed by atoms with E-state index in [2.05, 4.69) is 5.10 Å². The first-order valence-corrected chi connectivity index (χ1v) is 5.23. The molecule has 0 aromatic carbocycles. The maximum atomic E-state index is 11.7. The van der Waals surface area contributed by atoms with Crippen LogP contribution < -0.4 is 5.73 Å². The van der Waals surface area contributed by atoms with E-state index in [9.17, 15) is 4.79 Å². The Bertz CT molecular complexity index is 337. The zero-order valence-corrected chi connectivity index (χ0v) is 9.72. The molecule has 0 radical (unpaired) electrons. The fraction of sp³-hybridized carbons (Fsp3) is 0.600. The molecule has 1 aromatic heterocycles. The van der Waals surface area contributed by atoms with Gasteiger partial charge in [0.05, 0.1) is 18.5 Å². The fourth-order valence-electron chi connectivity index (χ4n) is 1.20. The van der Waals surface area contributed by atoms with Crippen LogP contribution in [-0.4, -0.2) is 47.4 Å². The molecule has 6 nitrogen and oxygen atoms in total. The van der Waals surface area contributed by atoms with Crippen molar-refractivity contribution in [2.75, 3.05) is 32.5 Å². The summed E-state index contributed by atoms with van der Waals surface area (Å²) in [5.41, 5.74) is 6.06. The summed E-state index contributed by atoms with van der Waals surface area (Å²) >= 11 is 0. The summed E-state index contributed by atoms with van der Waals surface area (Å²) in [6.07, 6.45) is 3.15. The quantitative estimate of drug-likeness (QED) is 0.691.